The summed E-state index contributed by atoms with van der Waals surface area (Å²) in [4.78, 5) is 11.7. The maximum atomic E-state index is 11.7. The molecule has 1 aromatic carbocycles. The maximum absolute atomic E-state index is 11.7. The van der Waals surface area contributed by atoms with Crippen molar-refractivity contribution in [3.63, 3.8) is 0 Å². The number of amides is 1. The third-order valence-corrected chi connectivity index (χ3v) is 4.10. The molecule has 0 saturated carbocycles. The molecule has 1 rings (SSSR count). The fraction of sp³-hybridized carbons (Fsp3) is 0.562. The van der Waals surface area contributed by atoms with Crippen molar-refractivity contribution in [1.29, 1.82) is 0 Å². The first-order valence-corrected chi connectivity index (χ1v) is 8.20. The summed E-state index contributed by atoms with van der Waals surface area (Å²) in [7, 11) is 1.59. The lowest BCUT2D eigenvalue weighted by molar-refractivity contribution is -0.119. The molecule has 1 unspecified atom stereocenters. The van der Waals surface area contributed by atoms with E-state index in [-0.39, 0.29) is 12.5 Å². The number of carbonyl (C=O) groups is 1. The summed E-state index contributed by atoms with van der Waals surface area (Å²) in [6.45, 7) is 4.49. The average Bonchev–Trinajstić information content (AvgIpc) is 2.43. The molecule has 0 fully saturated rings. The van der Waals surface area contributed by atoms with E-state index in [0.717, 1.165) is 5.75 Å². The largest absolute Gasteiger partial charge is 0.388 e. The third-order valence-electron chi connectivity index (χ3n) is 3.10. The second kappa shape index (κ2) is 9.07. The Morgan fingerprint density at radius 2 is 2.24 bits per heavy atom. The Bertz CT molecular complexity index is 449. The van der Waals surface area contributed by atoms with Gasteiger partial charge in [0.25, 0.3) is 0 Å². The number of aryl methyl sites for hydroxylation is 1. The van der Waals surface area contributed by atoms with Crippen LogP contribution < -0.4 is 5.32 Å². The molecular formula is C16H25NO3S. The first-order chi connectivity index (χ1) is 9.93. The van der Waals surface area contributed by atoms with E-state index < -0.39 is 5.60 Å². The van der Waals surface area contributed by atoms with E-state index in [0.29, 0.717) is 18.8 Å². The Morgan fingerprint density at radius 1 is 1.48 bits per heavy atom. The molecule has 2 N–H and O–H groups in total. The van der Waals surface area contributed by atoms with Crippen molar-refractivity contribution >= 4 is 17.7 Å². The molecule has 0 spiro atoms. The SMILES string of the molecule is COCCC(C)(O)CNC(=O)CSCc1cccc(C)c1. The Kier molecular flexibility index (Phi) is 7.78. The molecule has 1 amide bonds. The van der Waals surface area contributed by atoms with Crippen LogP contribution >= 0.6 is 11.8 Å². The zero-order valence-electron chi connectivity index (χ0n) is 13.0. The lowest BCUT2D eigenvalue weighted by Gasteiger charge is -2.23. The Hall–Kier alpha value is -1.04. The summed E-state index contributed by atoms with van der Waals surface area (Å²) in [5.41, 5.74) is 1.53. The molecular weight excluding hydrogens is 286 g/mol. The number of thioether (sulfide) groups is 1. The van der Waals surface area contributed by atoms with Gasteiger partial charge in [-0.15, -0.1) is 11.8 Å². The van der Waals surface area contributed by atoms with Gasteiger partial charge in [0, 0.05) is 32.4 Å². The van der Waals surface area contributed by atoms with Gasteiger partial charge in [-0.1, -0.05) is 29.8 Å². The normalized spacial score (nSPS) is 13.7. The Morgan fingerprint density at radius 3 is 2.90 bits per heavy atom. The van der Waals surface area contributed by atoms with E-state index in [1.165, 1.54) is 11.1 Å². The second-order valence-electron chi connectivity index (χ2n) is 5.50. The van der Waals surface area contributed by atoms with Gasteiger partial charge in [0.2, 0.25) is 5.91 Å². The van der Waals surface area contributed by atoms with Crippen LogP contribution in [0.3, 0.4) is 0 Å². The summed E-state index contributed by atoms with van der Waals surface area (Å²) in [6.07, 6.45) is 0.500. The number of benzene rings is 1. The van der Waals surface area contributed by atoms with Crippen molar-refractivity contribution in [1.82, 2.24) is 5.32 Å². The number of hydrogen-bond donors (Lipinski definition) is 2. The van der Waals surface area contributed by atoms with Crippen molar-refractivity contribution < 1.29 is 14.6 Å². The predicted octanol–water partition coefficient (Wildman–Crippen LogP) is 2.13. The summed E-state index contributed by atoms with van der Waals surface area (Å²) >= 11 is 1.57. The lowest BCUT2D eigenvalue weighted by Crippen LogP contribution is -2.42. The van der Waals surface area contributed by atoms with Gasteiger partial charge < -0.3 is 15.2 Å². The monoisotopic (exact) mass is 311 g/mol. The second-order valence-corrected chi connectivity index (χ2v) is 6.48. The van der Waals surface area contributed by atoms with Crippen LogP contribution in [0.2, 0.25) is 0 Å². The highest BCUT2D eigenvalue weighted by Crippen LogP contribution is 2.13. The van der Waals surface area contributed by atoms with Gasteiger partial charge in [-0.2, -0.15) is 0 Å². The molecule has 1 atom stereocenters. The number of rotatable bonds is 9. The minimum atomic E-state index is -0.924. The van der Waals surface area contributed by atoms with E-state index in [2.05, 4.69) is 30.4 Å². The molecule has 0 bridgehead atoms. The van der Waals surface area contributed by atoms with E-state index in [4.69, 9.17) is 4.74 Å². The quantitative estimate of drug-likeness (QED) is 0.733. The molecule has 0 aromatic heterocycles. The molecule has 0 aliphatic carbocycles. The molecule has 1 aromatic rings. The summed E-state index contributed by atoms with van der Waals surface area (Å²) in [6, 6.07) is 8.27. The van der Waals surface area contributed by atoms with Gasteiger partial charge >= 0.3 is 0 Å². The van der Waals surface area contributed by atoms with Crippen molar-refractivity contribution in [3.05, 3.63) is 35.4 Å². The number of hydrogen-bond acceptors (Lipinski definition) is 4. The zero-order chi connectivity index (χ0) is 15.7. The van der Waals surface area contributed by atoms with Gasteiger partial charge in [-0.3, -0.25) is 4.79 Å². The molecule has 118 valence electrons. The highest BCUT2D eigenvalue weighted by molar-refractivity contribution is 7.99. The molecule has 5 heteroatoms. The van der Waals surface area contributed by atoms with Crippen LogP contribution in [0, 0.1) is 6.92 Å². The van der Waals surface area contributed by atoms with Crippen LogP contribution in [0.1, 0.15) is 24.5 Å². The van der Waals surface area contributed by atoms with Crippen LogP contribution in [0.4, 0.5) is 0 Å². The average molecular weight is 311 g/mol. The van der Waals surface area contributed by atoms with Crippen molar-refractivity contribution in [2.75, 3.05) is 26.0 Å². The van der Waals surface area contributed by atoms with Crippen LogP contribution in [0.15, 0.2) is 24.3 Å². The van der Waals surface area contributed by atoms with Crippen LogP contribution in [-0.4, -0.2) is 42.6 Å². The van der Waals surface area contributed by atoms with Gasteiger partial charge in [-0.05, 0) is 19.4 Å². The van der Waals surface area contributed by atoms with E-state index in [1.54, 1.807) is 25.8 Å². The first-order valence-electron chi connectivity index (χ1n) is 7.04. The number of carbonyl (C=O) groups excluding carboxylic acids is 1. The Labute approximate surface area is 131 Å². The smallest absolute Gasteiger partial charge is 0.230 e. The fourth-order valence-electron chi connectivity index (χ4n) is 1.81. The molecule has 0 aliphatic heterocycles. The van der Waals surface area contributed by atoms with Gasteiger partial charge in [-0.25, -0.2) is 0 Å². The molecule has 0 saturated heterocycles. The van der Waals surface area contributed by atoms with Crippen molar-refractivity contribution in [3.8, 4) is 0 Å². The predicted molar refractivity (Wildman–Crippen MR) is 87.5 cm³/mol. The Balaban J connectivity index is 2.22. The minimum absolute atomic E-state index is 0.0506. The molecule has 0 radical (unpaired) electrons. The molecule has 0 aliphatic rings. The summed E-state index contributed by atoms with van der Waals surface area (Å²) < 4.78 is 4.93. The van der Waals surface area contributed by atoms with E-state index in [9.17, 15) is 9.90 Å². The highest BCUT2D eigenvalue weighted by atomic mass is 32.2. The van der Waals surface area contributed by atoms with Gasteiger partial charge in [0.15, 0.2) is 0 Å². The zero-order valence-corrected chi connectivity index (χ0v) is 13.8. The lowest BCUT2D eigenvalue weighted by atomic mass is 10.0. The summed E-state index contributed by atoms with van der Waals surface area (Å²) in [5, 5.41) is 12.8. The number of ether oxygens (including phenoxy) is 1. The van der Waals surface area contributed by atoms with Gasteiger partial charge in [0.05, 0.1) is 11.4 Å². The van der Waals surface area contributed by atoms with Crippen LogP contribution in [0.25, 0.3) is 0 Å². The van der Waals surface area contributed by atoms with E-state index in [1.807, 2.05) is 6.07 Å². The number of methoxy groups -OCH3 is 1. The number of nitrogens with one attached hydrogen (secondary N) is 1. The number of aliphatic hydroxyl groups is 1. The van der Waals surface area contributed by atoms with E-state index >= 15 is 0 Å². The topological polar surface area (TPSA) is 58.6 Å². The third kappa shape index (κ3) is 8.09. The molecule has 0 heterocycles. The molecule has 21 heavy (non-hydrogen) atoms. The minimum Gasteiger partial charge on any atom is -0.388 e. The van der Waals surface area contributed by atoms with Crippen molar-refractivity contribution in [2.24, 2.45) is 0 Å². The summed E-state index contributed by atoms with van der Waals surface area (Å²) in [5.74, 6) is 1.16. The van der Waals surface area contributed by atoms with Gasteiger partial charge in [0.1, 0.15) is 0 Å². The van der Waals surface area contributed by atoms with Crippen molar-refractivity contribution in [2.45, 2.75) is 31.6 Å². The highest BCUT2D eigenvalue weighted by Gasteiger charge is 2.20. The first kappa shape index (κ1) is 18.0. The van der Waals surface area contributed by atoms with Crippen LogP contribution in [0.5, 0.6) is 0 Å². The standard InChI is InChI=1S/C16H25NO3S/c1-13-5-4-6-14(9-13)10-21-11-15(18)17-12-16(2,19)7-8-20-3/h4-6,9,19H,7-8,10-12H2,1-3H3,(H,17,18). The van der Waals surface area contributed by atoms with Crippen LogP contribution in [-0.2, 0) is 15.3 Å². The molecule has 4 nitrogen and oxygen atoms in total. The fourth-order valence-corrected chi connectivity index (χ4v) is 2.62. The maximum Gasteiger partial charge on any atom is 0.230 e.